The van der Waals surface area contributed by atoms with Crippen LogP contribution in [-0.4, -0.2) is 43.2 Å². The number of nitrogens with two attached hydrogens (primary N) is 1. The van der Waals surface area contributed by atoms with Crippen LogP contribution < -0.4 is 11.3 Å². The Bertz CT molecular complexity index is 211. The van der Waals surface area contributed by atoms with Gasteiger partial charge in [0.1, 0.15) is 0 Å². The van der Waals surface area contributed by atoms with Crippen LogP contribution in [0.1, 0.15) is 27.7 Å². The quantitative estimate of drug-likeness (QED) is 0.377. The number of hydrogen-bond acceptors (Lipinski definition) is 4. The summed E-state index contributed by atoms with van der Waals surface area (Å²) < 4.78 is 5.14. The van der Waals surface area contributed by atoms with Crippen molar-refractivity contribution < 1.29 is 9.53 Å². The molecule has 0 rings (SSSR count). The lowest BCUT2D eigenvalue weighted by molar-refractivity contribution is -0.126. The standard InChI is InChI=1S/C11H25N3O2/c1-6-14(8(2)7-16-5)10(4)9(3)11(15)13-12/h8-10H,6-7,12H2,1-5H3,(H,13,15). The van der Waals surface area contributed by atoms with E-state index in [9.17, 15) is 4.79 Å². The second-order valence-electron chi connectivity index (χ2n) is 4.17. The number of nitrogens with one attached hydrogen (secondary N) is 1. The molecule has 0 saturated carbocycles. The SMILES string of the molecule is CCN(C(C)COC)C(C)C(C)C(=O)NN. The van der Waals surface area contributed by atoms with Crippen molar-refractivity contribution in [3.63, 3.8) is 0 Å². The summed E-state index contributed by atoms with van der Waals surface area (Å²) >= 11 is 0. The van der Waals surface area contributed by atoms with E-state index >= 15 is 0 Å². The molecule has 0 aromatic carbocycles. The highest BCUT2D eigenvalue weighted by atomic mass is 16.5. The molecule has 0 spiro atoms. The van der Waals surface area contributed by atoms with Gasteiger partial charge in [-0.2, -0.15) is 0 Å². The van der Waals surface area contributed by atoms with E-state index < -0.39 is 0 Å². The molecule has 3 unspecified atom stereocenters. The van der Waals surface area contributed by atoms with Crippen LogP contribution in [0.2, 0.25) is 0 Å². The van der Waals surface area contributed by atoms with E-state index in [2.05, 4.69) is 24.2 Å². The molecule has 0 heterocycles. The second kappa shape index (κ2) is 7.60. The number of carbonyl (C=O) groups is 1. The van der Waals surface area contributed by atoms with E-state index in [0.29, 0.717) is 6.61 Å². The molecule has 0 bridgehead atoms. The molecular formula is C11H25N3O2. The average molecular weight is 231 g/mol. The minimum Gasteiger partial charge on any atom is -0.383 e. The van der Waals surface area contributed by atoms with E-state index in [0.717, 1.165) is 6.54 Å². The maximum absolute atomic E-state index is 11.5. The van der Waals surface area contributed by atoms with Crippen molar-refractivity contribution >= 4 is 5.91 Å². The van der Waals surface area contributed by atoms with Gasteiger partial charge in [-0.1, -0.05) is 13.8 Å². The number of nitrogens with zero attached hydrogens (tertiary/aromatic N) is 1. The second-order valence-corrected chi connectivity index (χ2v) is 4.17. The summed E-state index contributed by atoms with van der Waals surface area (Å²) in [7, 11) is 1.69. The summed E-state index contributed by atoms with van der Waals surface area (Å²) in [5.41, 5.74) is 2.20. The van der Waals surface area contributed by atoms with Gasteiger partial charge >= 0.3 is 0 Å². The predicted molar refractivity (Wildman–Crippen MR) is 64.7 cm³/mol. The van der Waals surface area contributed by atoms with Gasteiger partial charge in [0.05, 0.1) is 12.5 Å². The Morgan fingerprint density at radius 3 is 2.38 bits per heavy atom. The first kappa shape index (κ1) is 15.3. The van der Waals surface area contributed by atoms with Crippen molar-refractivity contribution in [3.05, 3.63) is 0 Å². The van der Waals surface area contributed by atoms with E-state index in [1.165, 1.54) is 0 Å². The van der Waals surface area contributed by atoms with Gasteiger partial charge in [-0.15, -0.1) is 0 Å². The first-order valence-corrected chi connectivity index (χ1v) is 5.74. The molecule has 0 aliphatic rings. The minimum absolute atomic E-state index is 0.129. The van der Waals surface area contributed by atoms with E-state index in [4.69, 9.17) is 10.6 Å². The van der Waals surface area contributed by atoms with E-state index in [1.807, 2.05) is 13.8 Å². The zero-order valence-electron chi connectivity index (χ0n) is 11.0. The van der Waals surface area contributed by atoms with Crippen LogP contribution >= 0.6 is 0 Å². The molecule has 0 saturated heterocycles. The molecule has 1 amide bonds. The van der Waals surface area contributed by atoms with Gasteiger partial charge < -0.3 is 4.74 Å². The van der Waals surface area contributed by atoms with Crippen molar-refractivity contribution in [3.8, 4) is 0 Å². The fourth-order valence-electron chi connectivity index (χ4n) is 1.98. The van der Waals surface area contributed by atoms with E-state index in [-0.39, 0.29) is 23.9 Å². The van der Waals surface area contributed by atoms with Crippen molar-refractivity contribution in [1.82, 2.24) is 10.3 Å². The number of carbonyl (C=O) groups excluding carboxylic acids is 1. The Balaban J connectivity index is 4.50. The Labute approximate surface area is 98.3 Å². The van der Waals surface area contributed by atoms with Crippen molar-refractivity contribution in [2.75, 3.05) is 20.3 Å². The van der Waals surface area contributed by atoms with Crippen molar-refractivity contribution in [2.24, 2.45) is 11.8 Å². The Morgan fingerprint density at radius 2 is 2.00 bits per heavy atom. The summed E-state index contributed by atoms with van der Waals surface area (Å²) in [5, 5.41) is 0. The number of hydrogen-bond donors (Lipinski definition) is 2. The van der Waals surface area contributed by atoms with Crippen LogP contribution in [0.25, 0.3) is 0 Å². The first-order chi connectivity index (χ1) is 7.49. The monoisotopic (exact) mass is 231 g/mol. The van der Waals surface area contributed by atoms with Crippen LogP contribution in [0.3, 0.4) is 0 Å². The Hall–Kier alpha value is -0.650. The molecule has 0 aliphatic heterocycles. The fraction of sp³-hybridized carbons (Fsp3) is 0.909. The largest absolute Gasteiger partial charge is 0.383 e. The molecule has 96 valence electrons. The number of rotatable bonds is 7. The highest BCUT2D eigenvalue weighted by Crippen LogP contribution is 2.14. The third kappa shape index (κ3) is 4.08. The third-order valence-corrected chi connectivity index (χ3v) is 3.14. The molecular weight excluding hydrogens is 206 g/mol. The van der Waals surface area contributed by atoms with Gasteiger partial charge in [0, 0.05) is 19.2 Å². The molecule has 5 heteroatoms. The van der Waals surface area contributed by atoms with E-state index in [1.54, 1.807) is 7.11 Å². The van der Waals surface area contributed by atoms with Crippen LogP contribution in [0, 0.1) is 5.92 Å². The minimum atomic E-state index is -0.135. The van der Waals surface area contributed by atoms with Gasteiger partial charge in [0.25, 0.3) is 0 Å². The number of likely N-dealkylation sites (N-methyl/N-ethyl adjacent to an activating group) is 1. The van der Waals surface area contributed by atoms with Gasteiger partial charge in [-0.3, -0.25) is 15.1 Å². The molecule has 0 aromatic heterocycles. The van der Waals surface area contributed by atoms with Crippen molar-refractivity contribution in [2.45, 2.75) is 39.8 Å². The molecule has 0 radical (unpaired) electrons. The summed E-state index contributed by atoms with van der Waals surface area (Å²) in [6.07, 6.45) is 0. The summed E-state index contributed by atoms with van der Waals surface area (Å²) in [6, 6.07) is 0.428. The number of ether oxygens (including phenoxy) is 1. The van der Waals surface area contributed by atoms with Crippen LogP contribution in [0.4, 0.5) is 0 Å². The van der Waals surface area contributed by atoms with Gasteiger partial charge in [-0.05, 0) is 20.4 Å². The third-order valence-electron chi connectivity index (χ3n) is 3.14. The molecule has 5 nitrogen and oxygen atoms in total. The normalized spacial score (nSPS) is 16.9. The smallest absolute Gasteiger partial charge is 0.238 e. The zero-order chi connectivity index (χ0) is 12.7. The fourth-order valence-corrected chi connectivity index (χ4v) is 1.98. The van der Waals surface area contributed by atoms with Crippen molar-refractivity contribution in [1.29, 1.82) is 0 Å². The molecule has 3 atom stereocenters. The molecule has 16 heavy (non-hydrogen) atoms. The zero-order valence-corrected chi connectivity index (χ0v) is 11.0. The average Bonchev–Trinajstić information content (AvgIpc) is 2.28. The molecule has 3 N–H and O–H groups in total. The molecule has 0 aliphatic carbocycles. The van der Waals surface area contributed by atoms with Gasteiger partial charge in [-0.25, -0.2) is 5.84 Å². The van der Waals surface area contributed by atoms with Gasteiger partial charge in [0.2, 0.25) is 5.91 Å². The topological polar surface area (TPSA) is 67.6 Å². The lowest BCUT2D eigenvalue weighted by Crippen LogP contribution is -2.50. The lowest BCUT2D eigenvalue weighted by Gasteiger charge is -2.35. The summed E-state index contributed by atoms with van der Waals surface area (Å²) in [6.45, 7) is 9.64. The number of methoxy groups -OCH3 is 1. The van der Waals surface area contributed by atoms with Gasteiger partial charge in [0.15, 0.2) is 0 Å². The predicted octanol–water partition coefficient (Wildman–Crippen LogP) is 0.358. The molecule has 0 fully saturated rings. The summed E-state index contributed by atoms with van der Waals surface area (Å²) in [4.78, 5) is 13.7. The Kier molecular flexibility index (Phi) is 7.29. The first-order valence-electron chi connectivity index (χ1n) is 5.74. The highest BCUT2D eigenvalue weighted by molar-refractivity contribution is 5.78. The van der Waals surface area contributed by atoms with Crippen LogP contribution in [-0.2, 0) is 9.53 Å². The maximum atomic E-state index is 11.5. The summed E-state index contributed by atoms with van der Waals surface area (Å²) in [5.74, 6) is 4.88. The maximum Gasteiger partial charge on any atom is 0.238 e. The highest BCUT2D eigenvalue weighted by Gasteiger charge is 2.27. The van der Waals surface area contributed by atoms with Crippen LogP contribution in [0.15, 0.2) is 0 Å². The van der Waals surface area contributed by atoms with Crippen LogP contribution in [0.5, 0.6) is 0 Å². The molecule has 0 aromatic rings. The Morgan fingerprint density at radius 1 is 1.44 bits per heavy atom. The lowest BCUT2D eigenvalue weighted by atomic mass is 10.00. The number of amides is 1. The number of hydrazine groups is 1.